The zero-order valence-corrected chi connectivity index (χ0v) is 12.3. The molecule has 3 unspecified atom stereocenters. The van der Waals surface area contributed by atoms with Crippen molar-refractivity contribution >= 4 is 5.97 Å². The second kappa shape index (κ2) is 5.64. The molecule has 1 saturated heterocycles. The van der Waals surface area contributed by atoms with Gasteiger partial charge in [0.25, 0.3) is 0 Å². The fourth-order valence-corrected chi connectivity index (χ4v) is 3.92. The molecule has 5 heteroatoms. The number of likely N-dealkylation sites (tertiary alicyclic amines) is 1. The molecule has 2 fully saturated rings. The minimum Gasteiger partial charge on any atom is -0.506 e. The minimum absolute atomic E-state index is 0.156. The Kier molecular flexibility index (Phi) is 3.85. The van der Waals surface area contributed by atoms with E-state index in [1.54, 1.807) is 12.1 Å². The summed E-state index contributed by atoms with van der Waals surface area (Å²) in [5, 5.41) is 19.5. The molecule has 0 aromatic carbocycles. The quantitative estimate of drug-likeness (QED) is 0.893. The number of aliphatic carboxylic acids is 1. The Labute approximate surface area is 124 Å². The van der Waals surface area contributed by atoms with Crippen LogP contribution in [0, 0.1) is 12.8 Å². The van der Waals surface area contributed by atoms with Crippen molar-refractivity contribution in [3.63, 3.8) is 0 Å². The number of carboxylic acids is 1. The first-order chi connectivity index (χ1) is 10.1. The molecule has 1 saturated carbocycles. The minimum atomic E-state index is -0.753. The summed E-state index contributed by atoms with van der Waals surface area (Å²) in [6.45, 7) is 2.30. The van der Waals surface area contributed by atoms with Gasteiger partial charge in [0.05, 0.1) is 5.69 Å². The summed E-state index contributed by atoms with van der Waals surface area (Å²) in [6.07, 6.45) is 5.28. The van der Waals surface area contributed by atoms with E-state index >= 15 is 0 Å². The van der Waals surface area contributed by atoms with Crippen molar-refractivity contribution in [2.75, 3.05) is 0 Å². The molecular formula is C16H22N2O3. The number of fused-ring (bicyclic) bond motifs is 1. The molecule has 1 aromatic rings. The standard InChI is InChI=1S/C16H22N2O3/c1-10-6-7-15(19)12(17-10)9-18-13-5-3-2-4-11(13)8-14(18)16(20)21/h6-7,11,13-14,19H,2-5,8-9H2,1H3,(H,20,21). The fraction of sp³-hybridized carbons (Fsp3) is 0.625. The van der Waals surface area contributed by atoms with E-state index < -0.39 is 12.0 Å². The highest BCUT2D eigenvalue weighted by Crippen LogP contribution is 2.40. The summed E-state index contributed by atoms with van der Waals surface area (Å²) in [6, 6.07) is 3.28. The molecule has 3 atom stereocenters. The van der Waals surface area contributed by atoms with Gasteiger partial charge in [-0.2, -0.15) is 0 Å². The molecule has 1 aliphatic heterocycles. The van der Waals surface area contributed by atoms with Gasteiger partial charge >= 0.3 is 5.97 Å². The first-order valence-corrected chi connectivity index (χ1v) is 7.70. The Morgan fingerprint density at radius 3 is 2.90 bits per heavy atom. The first kappa shape index (κ1) is 14.3. The zero-order valence-electron chi connectivity index (χ0n) is 12.3. The fourth-order valence-electron chi connectivity index (χ4n) is 3.92. The zero-order chi connectivity index (χ0) is 15.0. The van der Waals surface area contributed by atoms with Crippen molar-refractivity contribution < 1.29 is 15.0 Å². The van der Waals surface area contributed by atoms with E-state index in [9.17, 15) is 15.0 Å². The van der Waals surface area contributed by atoms with E-state index in [2.05, 4.69) is 4.98 Å². The van der Waals surface area contributed by atoms with Gasteiger partial charge in [-0.25, -0.2) is 0 Å². The largest absolute Gasteiger partial charge is 0.506 e. The lowest BCUT2D eigenvalue weighted by Gasteiger charge is -2.32. The number of rotatable bonds is 3. The van der Waals surface area contributed by atoms with Crippen molar-refractivity contribution in [1.29, 1.82) is 0 Å². The molecule has 1 aliphatic carbocycles. The third-order valence-corrected chi connectivity index (χ3v) is 4.93. The molecule has 2 heterocycles. The first-order valence-electron chi connectivity index (χ1n) is 7.70. The van der Waals surface area contributed by atoms with Crippen molar-refractivity contribution in [3.8, 4) is 5.75 Å². The van der Waals surface area contributed by atoms with Gasteiger partial charge in [0, 0.05) is 18.3 Å². The number of aromatic hydroxyl groups is 1. The smallest absolute Gasteiger partial charge is 0.320 e. The van der Waals surface area contributed by atoms with Crippen LogP contribution in [0.4, 0.5) is 0 Å². The Morgan fingerprint density at radius 2 is 2.14 bits per heavy atom. The molecule has 114 valence electrons. The van der Waals surface area contributed by atoms with Crippen molar-refractivity contribution in [3.05, 3.63) is 23.5 Å². The van der Waals surface area contributed by atoms with Gasteiger partial charge in [0.1, 0.15) is 11.8 Å². The summed E-state index contributed by atoms with van der Waals surface area (Å²) in [7, 11) is 0. The van der Waals surface area contributed by atoms with Gasteiger partial charge in [-0.3, -0.25) is 14.7 Å². The highest BCUT2D eigenvalue weighted by Gasteiger charge is 2.45. The topological polar surface area (TPSA) is 73.7 Å². The molecule has 2 aliphatic rings. The van der Waals surface area contributed by atoms with Gasteiger partial charge in [-0.05, 0) is 44.2 Å². The lowest BCUT2D eigenvalue weighted by molar-refractivity contribution is -0.142. The predicted octanol–water partition coefficient (Wildman–Crippen LogP) is 2.31. The molecule has 0 radical (unpaired) electrons. The van der Waals surface area contributed by atoms with Gasteiger partial charge < -0.3 is 10.2 Å². The maximum absolute atomic E-state index is 11.6. The molecule has 21 heavy (non-hydrogen) atoms. The van der Waals surface area contributed by atoms with Crippen LogP contribution in [0.15, 0.2) is 12.1 Å². The number of aryl methyl sites for hydroxylation is 1. The number of carboxylic acid groups (broad SMARTS) is 1. The molecular weight excluding hydrogens is 268 g/mol. The summed E-state index contributed by atoms with van der Waals surface area (Å²) in [5.74, 6) is -0.118. The number of nitrogens with zero attached hydrogens (tertiary/aromatic N) is 2. The molecule has 2 N–H and O–H groups in total. The Hall–Kier alpha value is -1.62. The van der Waals surface area contributed by atoms with E-state index in [-0.39, 0.29) is 5.75 Å². The van der Waals surface area contributed by atoms with Crippen LogP contribution in [0.3, 0.4) is 0 Å². The average Bonchev–Trinajstić information content (AvgIpc) is 2.82. The highest BCUT2D eigenvalue weighted by molar-refractivity contribution is 5.74. The number of pyridine rings is 1. The number of hydrogen-bond donors (Lipinski definition) is 2. The van der Waals surface area contributed by atoms with Gasteiger partial charge in [0.2, 0.25) is 0 Å². The van der Waals surface area contributed by atoms with E-state index in [1.807, 2.05) is 11.8 Å². The van der Waals surface area contributed by atoms with Crippen LogP contribution < -0.4 is 0 Å². The molecule has 3 rings (SSSR count). The lowest BCUT2D eigenvalue weighted by Crippen LogP contribution is -2.41. The third-order valence-electron chi connectivity index (χ3n) is 4.93. The summed E-state index contributed by atoms with van der Waals surface area (Å²) < 4.78 is 0. The average molecular weight is 290 g/mol. The van der Waals surface area contributed by atoms with Gasteiger partial charge in [0.15, 0.2) is 0 Å². The number of hydrogen-bond acceptors (Lipinski definition) is 4. The Bertz CT molecular complexity index is 546. The van der Waals surface area contributed by atoms with E-state index in [0.29, 0.717) is 24.2 Å². The second-order valence-electron chi connectivity index (χ2n) is 6.29. The monoisotopic (exact) mass is 290 g/mol. The molecule has 1 aromatic heterocycles. The SMILES string of the molecule is Cc1ccc(O)c(CN2C(C(=O)O)CC3CCCCC32)n1. The molecule has 0 amide bonds. The maximum atomic E-state index is 11.6. The maximum Gasteiger partial charge on any atom is 0.320 e. The van der Waals surface area contributed by atoms with Crippen LogP contribution in [0.25, 0.3) is 0 Å². The molecule has 0 bridgehead atoms. The predicted molar refractivity (Wildman–Crippen MR) is 78.0 cm³/mol. The molecule has 0 spiro atoms. The van der Waals surface area contributed by atoms with E-state index in [1.165, 1.54) is 6.42 Å². The highest BCUT2D eigenvalue weighted by atomic mass is 16.4. The van der Waals surface area contributed by atoms with Crippen molar-refractivity contribution in [2.45, 2.75) is 57.7 Å². The summed E-state index contributed by atoms with van der Waals surface area (Å²) >= 11 is 0. The van der Waals surface area contributed by atoms with Gasteiger partial charge in [-0.1, -0.05) is 12.8 Å². The van der Waals surface area contributed by atoms with Gasteiger partial charge in [-0.15, -0.1) is 0 Å². The van der Waals surface area contributed by atoms with Crippen molar-refractivity contribution in [2.24, 2.45) is 5.92 Å². The Balaban J connectivity index is 1.86. The van der Waals surface area contributed by atoms with Crippen LogP contribution >= 0.6 is 0 Å². The lowest BCUT2D eigenvalue weighted by atomic mass is 9.85. The Morgan fingerprint density at radius 1 is 1.38 bits per heavy atom. The summed E-state index contributed by atoms with van der Waals surface area (Å²) in [5.41, 5.74) is 1.43. The van der Waals surface area contributed by atoms with Crippen LogP contribution in [-0.2, 0) is 11.3 Å². The number of carbonyl (C=O) groups is 1. The van der Waals surface area contributed by atoms with E-state index in [0.717, 1.165) is 31.4 Å². The van der Waals surface area contributed by atoms with Crippen LogP contribution in [0.1, 0.15) is 43.5 Å². The molecule has 5 nitrogen and oxygen atoms in total. The van der Waals surface area contributed by atoms with E-state index in [4.69, 9.17) is 0 Å². The van der Waals surface area contributed by atoms with Crippen LogP contribution in [-0.4, -0.2) is 38.1 Å². The van der Waals surface area contributed by atoms with Crippen LogP contribution in [0.5, 0.6) is 5.75 Å². The second-order valence-corrected chi connectivity index (χ2v) is 6.29. The normalized spacial score (nSPS) is 29.3. The number of aromatic nitrogens is 1. The summed E-state index contributed by atoms with van der Waals surface area (Å²) in [4.78, 5) is 18.0. The van der Waals surface area contributed by atoms with Crippen molar-refractivity contribution in [1.82, 2.24) is 9.88 Å². The van der Waals surface area contributed by atoms with Crippen LogP contribution in [0.2, 0.25) is 0 Å². The third kappa shape index (κ3) is 2.75.